The monoisotopic (exact) mass is 700 g/mol. The molecule has 0 aromatic heterocycles. The second-order valence-electron chi connectivity index (χ2n) is 13.4. The van der Waals surface area contributed by atoms with E-state index in [-0.39, 0.29) is 24.8 Å². The zero-order chi connectivity index (χ0) is 28.1. The van der Waals surface area contributed by atoms with E-state index in [9.17, 15) is 0 Å². The molecule has 0 amide bonds. The molecule has 0 saturated heterocycles. The van der Waals surface area contributed by atoms with Gasteiger partial charge in [-0.1, -0.05) is 0 Å². The molecule has 6 rings (SSSR count). The molecule has 0 fully saturated rings. The zero-order valence-corrected chi connectivity index (χ0v) is 31.4. The van der Waals surface area contributed by atoms with Crippen molar-refractivity contribution in [2.45, 2.75) is 48.4 Å². The molecule has 0 bridgehead atoms. The van der Waals surface area contributed by atoms with Crippen LogP contribution in [0.15, 0.2) is 130 Å². The molecule has 0 aliphatic heterocycles. The van der Waals surface area contributed by atoms with Crippen LogP contribution >= 0.6 is 0 Å². The van der Waals surface area contributed by atoms with Gasteiger partial charge in [0.05, 0.1) is 0 Å². The van der Waals surface area contributed by atoms with Crippen LogP contribution in [0, 0.1) is 0 Å². The van der Waals surface area contributed by atoms with Gasteiger partial charge in [-0.15, -0.1) is 0 Å². The van der Waals surface area contributed by atoms with Crippen molar-refractivity contribution in [2.24, 2.45) is 0 Å². The number of halogens is 2. The average Bonchev–Trinajstić information content (AvgIpc) is 3.54. The van der Waals surface area contributed by atoms with Gasteiger partial charge in [-0.2, -0.15) is 0 Å². The molecule has 5 heteroatoms. The summed E-state index contributed by atoms with van der Waals surface area (Å²) in [7, 11) is -3.14. The van der Waals surface area contributed by atoms with Crippen molar-refractivity contribution >= 4 is 19.4 Å². The Balaban J connectivity index is 0.00000202. The fraction of sp³-hybridized carbons (Fsp3) is 0.216. The molecule has 2 aliphatic carbocycles. The first-order chi connectivity index (χ1) is 19.2. The first kappa shape index (κ1) is 33.0. The molecule has 214 valence electrons. The molecule has 0 nitrogen and oxygen atoms in total. The van der Waals surface area contributed by atoms with Gasteiger partial charge in [0, 0.05) is 0 Å². The van der Waals surface area contributed by atoms with E-state index in [1.54, 1.807) is 19.5 Å². The molecule has 0 N–H and O–H groups in total. The van der Waals surface area contributed by atoms with E-state index in [1.165, 1.54) is 22.3 Å². The smallest absolute Gasteiger partial charge is 1.00 e. The van der Waals surface area contributed by atoms with Crippen molar-refractivity contribution in [3.63, 3.8) is 0 Å². The van der Waals surface area contributed by atoms with E-state index in [0.717, 1.165) is 0 Å². The largest absolute Gasteiger partial charge is 1.00 e. The standard InChI is InChI=1S/C13H9.C13H10.C11H21Si2.2ClH.Zr/c1-3-7-12-10(5-1)9-11-6-2-4-8-13(11)12;1-3-7-12(8-4-1)11-13-9-5-2-6-10-13;1-12(2,3)10-7-8-11(9-10)13(4,5)6;;;/h1-9H;1-10H;7-8,10H,1-6H3;2*1H;/q;;;;;+2/p-2. The van der Waals surface area contributed by atoms with Crippen LogP contribution in [0.4, 0.5) is 0 Å². The third-order valence-corrected chi connectivity index (χ3v) is 22.9. The molecular weight excluding hydrogens is 663 g/mol. The summed E-state index contributed by atoms with van der Waals surface area (Å²) in [5.74, 6) is 0. The van der Waals surface area contributed by atoms with E-state index in [4.69, 9.17) is 0 Å². The Labute approximate surface area is 275 Å². The average molecular weight is 703 g/mol. The molecule has 4 aromatic rings. The molecule has 0 saturated carbocycles. The van der Waals surface area contributed by atoms with Crippen LogP contribution in [-0.4, -0.2) is 19.4 Å². The maximum atomic E-state index is 2.65. The van der Waals surface area contributed by atoms with Crippen molar-refractivity contribution < 1.29 is 46.1 Å². The fourth-order valence-electron chi connectivity index (χ4n) is 6.82. The SMILES string of the molecule is C[Si](C)(C)C1=[C]([Zr+2](=[C](c2ccccc2)c2ccccc2)[CH]2c3ccccc3-c3ccccc32)C([Si](C)(C)C)C=C1.[Cl-].[Cl-]. The van der Waals surface area contributed by atoms with Crippen molar-refractivity contribution in [1.82, 2.24) is 0 Å². The maximum Gasteiger partial charge on any atom is -1.00 e. The predicted octanol–water partition coefficient (Wildman–Crippen LogP) is 4.06. The van der Waals surface area contributed by atoms with E-state index in [2.05, 4.69) is 161 Å². The second kappa shape index (κ2) is 13.0. The number of hydrogen-bond donors (Lipinski definition) is 0. The summed E-state index contributed by atoms with van der Waals surface area (Å²) < 4.78 is 4.03. The maximum absolute atomic E-state index is 2.78. The van der Waals surface area contributed by atoms with Crippen LogP contribution < -0.4 is 24.8 Å². The van der Waals surface area contributed by atoms with Crippen LogP contribution in [0.1, 0.15) is 25.9 Å². The molecular formula is C37H40Cl2Si2Zr. The molecule has 4 aromatic carbocycles. The molecule has 1 atom stereocenters. The molecule has 1 unspecified atom stereocenters. The van der Waals surface area contributed by atoms with Crippen LogP contribution in [0.3, 0.4) is 0 Å². The van der Waals surface area contributed by atoms with E-state index in [1.807, 2.05) is 3.28 Å². The van der Waals surface area contributed by atoms with Crippen LogP contribution in [0.2, 0.25) is 44.8 Å². The van der Waals surface area contributed by atoms with Crippen molar-refractivity contribution in [1.29, 1.82) is 0 Å². The number of benzene rings is 4. The van der Waals surface area contributed by atoms with Gasteiger partial charge in [0.15, 0.2) is 0 Å². The number of rotatable bonds is 6. The van der Waals surface area contributed by atoms with Crippen molar-refractivity contribution in [3.05, 3.63) is 152 Å². The number of fused-ring (bicyclic) bond motifs is 3. The van der Waals surface area contributed by atoms with Gasteiger partial charge < -0.3 is 24.8 Å². The Morgan fingerprint density at radius 1 is 0.571 bits per heavy atom. The Kier molecular flexibility index (Phi) is 10.2. The van der Waals surface area contributed by atoms with Crippen LogP contribution in [0.25, 0.3) is 11.1 Å². The normalized spacial score (nSPS) is 15.7. The summed E-state index contributed by atoms with van der Waals surface area (Å²) in [6, 6.07) is 41.5. The summed E-state index contributed by atoms with van der Waals surface area (Å²) in [5, 5.41) is 1.75. The molecule has 0 radical (unpaired) electrons. The van der Waals surface area contributed by atoms with Crippen LogP contribution in [-0.2, 0) is 21.3 Å². The Hall–Kier alpha value is -1.87. The van der Waals surface area contributed by atoms with Crippen LogP contribution in [0.5, 0.6) is 0 Å². The van der Waals surface area contributed by atoms with Gasteiger partial charge in [0.2, 0.25) is 0 Å². The third kappa shape index (κ3) is 6.06. The van der Waals surface area contributed by atoms with E-state index in [0.29, 0.717) is 9.17 Å². The minimum absolute atomic E-state index is 0. The minimum Gasteiger partial charge on any atom is -1.00 e. The zero-order valence-electron chi connectivity index (χ0n) is 25.5. The number of hydrogen-bond acceptors (Lipinski definition) is 0. The van der Waals surface area contributed by atoms with Gasteiger partial charge in [-0.3, -0.25) is 0 Å². The first-order valence-electron chi connectivity index (χ1n) is 14.6. The van der Waals surface area contributed by atoms with Gasteiger partial charge >= 0.3 is 252 Å². The topological polar surface area (TPSA) is 0 Å². The van der Waals surface area contributed by atoms with E-state index >= 15 is 0 Å². The predicted molar refractivity (Wildman–Crippen MR) is 176 cm³/mol. The van der Waals surface area contributed by atoms with Crippen molar-refractivity contribution in [2.75, 3.05) is 0 Å². The summed E-state index contributed by atoms with van der Waals surface area (Å²) in [5.41, 5.74) is 9.48. The Morgan fingerprint density at radius 2 is 1.00 bits per heavy atom. The third-order valence-electron chi connectivity index (χ3n) is 8.60. The Morgan fingerprint density at radius 3 is 1.43 bits per heavy atom. The summed E-state index contributed by atoms with van der Waals surface area (Å²) in [6.45, 7) is 15.5. The molecule has 0 spiro atoms. The summed E-state index contributed by atoms with van der Waals surface area (Å²) >= 11 is -2.78. The summed E-state index contributed by atoms with van der Waals surface area (Å²) in [6.07, 6.45) is 5.25. The minimum atomic E-state index is -2.78. The Bertz CT molecular complexity index is 1570. The van der Waals surface area contributed by atoms with Gasteiger partial charge in [0.25, 0.3) is 0 Å². The van der Waals surface area contributed by atoms with Crippen molar-refractivity contribution in [3.8, 4) is 11.1 Å². The van der Waals surface area contributed by atoms with Gasteiger partial charge in [-0.25, -0.2) is 0 Å². The molecule has 0 heterocycles. The fourth-order valence-corrected chi connectivity index (χ4v) is 27.1. The molecule has 2 aliphatic rings. The van der Waals surface area contributed by atoms with Gasteiger partial charge in [-0.05, 0) is 0 Å². The molecule has 42 heavy (non-hydrogen) atoms. The quantitative estimate of drug-likeness (QED) is 0.266. The van der Waals surface area contributed by atoms with Gasteiger partial charge in [0.1, 0.15) is 0 Å². The van der Waals surface area contributed by atoms with E-state index < -0.39 is 37.4 Å². The number of allylic oxidation sites excluding steroid dienone is 4. The first-order valence-corrected chi connectivity index (χ1v) is 25.6. The second-order valence-corrected chi connectivity index (χ2v) is 29.8. The summed E-state index contributed by atoms with van der Waals surface area (Å²) in [4.78, 5) is 0.